The standard InChI is InChI=1S/C14H14FNO5S/c1-8-3-10(15)5-12(4-8)22(19,20)16-7-11-6-13(14(17)18)9(2)21-11/h3-6,16H,7H2,1-2H3,(H,17,18). The number of carboxylic acid groups (broad SMARTS) is 1. The van der Waals surface area contributed by atoms with E-state index in [9.17, 15) is 17.6 Å². The maximum atomic E-state index is 13.3. The second-order valence-corrected chi connectivity index (χ2v) is 6.54. The number of nitrogens with one attached hydrogen (secondary N) is 1. The van der Waals surface area contributed by atoms with E-state index in [0.29, 0.717) is 5.56 Å². The van der Waals surface area contributed by atoms with Crippen molar-refractivity contribution in [3.05, 3.63) is 52.7 Å². The van der Waals surface area contributed by atoms with Crippen molar-refractivity contribution in [1.82, 2.24) is 4.72 Å². The van der Waals surface area contributed by atoms with Gasteiger partial charge in [0.2, 0.25) is 10.0 Å². The van der Waals surface area contributed by atoms with Gasteiger partial charge in [0.15, 0.2) is 0 Å². The maximum Gasteiger partial charge on any atom is 0.339 e. The molecule has 0 fully saturated rings. The number of carboxylic acids is 1. The molecule has 1 aromatic heterocycles. The predicted molar refractivity (Wildman–Crippen MR) is 75.6 cm³/mol. The Morgan fingerprint density at radius 1 is 1.27 bits per heavy atom. The van der Waals surface area contributed by atoms with E-state index in [2.05, 4.69) is 4.72 Å². The predicted octanol–water partition coefficient (Wildman–Crippen LogP) is 2.21. The van der Waals surface area contributed by atoms with E-state index in [1.54, 1.807) is 6.92 Å². The Hall–Kier alpha value is -2.19. The van der Waals surface area contributed by atoms with E-state index in [0.717, 1.165) is 6.07 Å². The zero-order chi connectivity index (χ0) is 16.5. The number of hydrogen-bond donors (Lipinski definition) is 2. The van der Waals surface area contributed by atoms with E-state index in [1.165, 1.54) is 25.1 Å². The molecule has 2 aromatic rings. The van der Waals surface area contributed by atoms with Crippen molar-refractivity contribution in [2.24, 2.45) is 0 Å². The minimum Gasteiger partial charge on any atom is -0.478 e. The fraction of sp³-hybridized carbons (Fsp3) is 0.214. The number of halogens is 1. The van der Waals surface area contributed by atoms with Crippen LogP contribution in [0, 0.1) is 19.7 Å². The third-order valence-corrected chi connectivity index (χ3v) is 4.34. The second kappa shape index (κ2) is 5.90. The van der Waals surface area contributed by atoms with Crippen molar-refractivity contribution in [3.8, 4) is 0 Å². The maximum absolute atomic E-state index is 13.3. The first-order chi connectivity index (χ1) is 10.2. The molecule has 0 spiro atoms. The first-order valence-electron chi connectivity index (χ1n) is 6.28. The molecule has 0 aliphatic heterocycles. The van der Waals surface area contributed by atoms with Crippen LogP contribution in [0.5, 0.6) is 0 Å². The average molecular weight is 327 g/mol. The van der Waals surface area contributed by atoms with Crippen molar-refractivity contribution in [1.29, 1.82) is 0 Å². The van der Waals surface area contributed by atoms with Gasteiger partial charge in [-0.05, 0) is 43.7 Å². The summed E-state index contributed by atoms with van der Waals surface area (Å²) in [6, 6.07) is 4.71. The lowest BCUT2D eigenvalue weighted by Crippen LogP contribution is -2.23. The van der Waals surface area contributed by atoms with Crippen LogP contribution in [0.3, 0.4) is 0 Å². The van der Waals surface area contributed by atoms with Gasteiger partial charge in [-0.1, -0.05) is 0 Å². The summed E-state index contributed by atoms with van der Waals surface area (Å²) in [5.74, 6) is -1.46. The highest BCUT2D eigenvalue weighted by atomic mass is 32.2. The Balaban J connectivity index is 2.19. The molecule has 1 heterocycles. The summed E-state index contributed by atoms with van der Waals surface area (Å²) in [4.78, 5) is 10.7. The Labute approximate surface area is 126 Å². The van der Waals surface area contributed by atoms with E-state index in [4.69, 9.17) is 9.52 Å². The molecule has 0 atom stereocenters. The highest BCUT2D eigenvalue weighted by molar-refractivity contribution is 7.89. The van der Waals surface area contributed by atoms with E-state index in [-0.39, 0.29) is 28.5 Å². The van der Waals surface area contributed by atoms with Crippen LogP contribution < -0.4 is 4.72 Å². The van der Waals surface area contributed by atoms with Crippen LogP contribution in [0.4, 0.5) is 4.39 Å². The molecule has 2 N–H and O–H groups in total. The van der Waals surface area contributed by atoms with Gasteiger partial charge in [-0.25, -0.2) is 22.3 Å². The quantitative estimate of drug-likeness (QED) is 0.877. The lowest BCUT2D eigenvalue weighted by molar-refractivity contribution is 0.0695. The van der Waals surface area contributed by atoms with Gasteiger partial charge in [-0.3, -0.25) is 0 Å². The lowest BCUT2D eigenvalue weighted by Gasteiger charge is -2.06. The number of aromatic carboxylic acids is 1. The summed E-state index contributed by atoms with van der Waals surface area (Å²) in [5.41, 5.74) is 0.443. The summed E-state index contributed by atoms with van der Waals surface area (Å²) < 4.78 is 44.9. The fourth-order valence-corrected chi connectivity index (χ4v) is 3.06. The zero-order valence-electron chi connectivity index (χ0n) is 11.9. The highest BCUT2D eigenvalue weighted by Crippen LogP contribution is 2.17. The third-order valence-electron chi connectivity index (χ3n) is 2.96. The topological polar surface area (TPSA) is 96.6 Å². The van der Waals surface area contributed by atoms with E-state index >= 15 is 0 Å². The number of hydrogen-bond acceptors (Lipinski definition) is 4. The smallest absolute Gasteiger partial charge is 0.339 e. The van der Waals surface area contributed by atoms with Crippen LogP contribution in [0.1, 0.15) is 27.4 Å². The van der Waals surface area contributed by atoms with E-state index in [1.807, 2.05) is 0 Å². The molecule has 8 heteroatoms. The van der Waals surface area contributed by atoms with Gasteiger partial charge in [0, 0.05) is 0 Å². The molecule has 0 radical (unpaired) electrons. The number of furan rings is 1. The first kappa shape index (κ1) is 16.2. The number of sulfonamides is 1. The van der Waals surface area contributed by atoms with Crippen molar-refractivity contribution in [2.75, 3.05) is 0 Å². The molecule has 22 heavy (non-hydrogen) atoms. The van der Waals surface area contributed by atoms with Crippen LogP contribution in [0.2, 0.25) is 0 Å². The average Bonchev–Trinajstić information content (AvgIpc) is 2.77. The highest BCUT2D eigenvalue weighted by Gasteiger charge is 2.18. The van der Waals surface area contributed by atoms with Gasteiger partial charge in [0.1, 0.15) is 22.9 Å². The molecule has 118 valence electrons. The van der Waals surface area contributed by atoms with Crippen molar-refractivity contribution in [3.63, 3.8) is 0 Å². The number of carbonyl (C=O) groups is 1. The van der Waals surface area contributed by atoms with Gasteiger partial charge in [0.05, 0.1) is 11.4 Å². The monoisotopic (exact) mass is 327 g/mol. The van der Waals surface area contributed by atoms with Gasteiger partial charge >= 0.3 is 5.97 Å². The molecule has 1 aromatic carbocycles. The van der Waals surface area contributed by atoms with Gasteiger partial charge < -0.3 is 9.52 Å². The van der Waals surface area contributed by atoms with Gasteiger partial charge in [-0.2, -0.15) is 0 Å². The summed E-state index contributed by atoms with van der Waals surface area (Å²) >= 11 is 0. The Morgan fingerprint density at radius 2 is 1.95 bits per heavy atom. The molecular formula is C14H14FNO5S. The van der Waals surface area contributed by atoms with Gasteiger partial charge in [-0.15, -0.1) is 0 Å². The molecule has 0 saturated heterocycles. The molecular weight excluding hydrogens is 313 g/mol. The Kier molecular flexibility index (Phi) is 4.34. The molecule has 0 aliphatic rings. The number of aryl methyl sites for hydroxylation is 2. The van der Waals surface area contributed by atoms with Crippen molar-refractivity contribution in [2.45, 2.75) is 25.3 Å². The van der Waals surface area contributed by atoms with Crippen LogP contribution in [0.15, 0.2) is 33.6 Å². The van der Waals surface area contributed by atoms with Gasteiger partial charge in [0.25, 0.3) is 0 Å². The molecule has 0 amide bonds. The van der Waals surface area contributed by atoms with E-state index < -0.39 is 21.8 Å². The SMILES string of the molecule is Cc1cc(F)cc(S(=O)(=O)NCc2cc(C(=O)O)c(C)o2)c1. The number of rotatable bonds is 5. The van der Waals surface area contributed by atoms with Crippen LogP contribution in [-0.4, -0.2) is 19.5 Å². The summed E-state index contributed by atoms with van der Waals surface area (Å²) in [6.45, 7) is 2.82. The third kappa shape index (κ3) is 3.52. The molecule has 2 rings (SSSR count). The zero-order valence-corrected chi connectivity index (χ0v) is 12.7. The van der Waals surface area contributed by atoms with Crippen LogP contribution >= 0.6 is 0 Å². The minimum atomic E-state index is -3.92. The summed E-state index contributed by atoms with van der Waals surface area (Å²) in [5, 5.41) is 8.91. The summed E-state index contributed by atoms with van der Waals surface area (Å²) in [7, 11) is -3.92. The largest absolute Gasteiger partial charge is 0.478 e. The minimum absolute atomic E-state index is 0.0317. The van der Waals surface area contributed by atoms with Crippen LogP contribution in [0.25, 0.3) is 0 Å². The molecule has 0 saturated carbocycles. The molecule has 0 aliphatic carbocycles. The molecule has 6 nitrogen and oxygen atoms in total. The Morgan fingerprint density at radius 3 is 2.50 bits per heavy atom. The lowest BCUT2D eigenvalue weighted by atomic mass is 10.2. The number of benzene rings is 1. The second-order valence-electron chi connectivity index (χ2n) is 4.78. The van der Waals surface area contributed by atoms with Crippen molar-refractivity contribution < 1.29 is 27.1 Å². The normalized spacial score (nSPS) is 11.6. The van der Waals surface area contributed by atoms with Crippen LogP contribution in [-0.2, 0) is 16.6 Å². The molecule has 0 bridgehead atoms. The fourth-order valence-electron chi connectivity index (χ4n) is 1.95. The molecule has 0 unspecified atom stereocenters. The Bertz CT molecular complexity index is 806. The van der Waals surface area contributed by atoms with Crippen molar-refractivity contribution >= 4 is 16.0 Å². The first-order valence-corrected chi connectivity index (χ1v) is 7.77. The summed E-state index contributed by atoms with van der Waals surface area (Å²) in [6.07, 6.45) is 0.